The summed E-state index contributed by atoms with van der Waals surface area (Å²) in [7, 11) is 0. The molecule has 1 fully saturated rings. The van der Waals surface area contributed by atoms with Gasteiger partial charge in [0.25, 0.3) is 0 Å². The van der Waals surface area contributed by atoms with Crippen molar-refractivity contribution < 1.29 is 14.3 Å². The number of benzene rings is 1. The molecule has 6 heteroatoms. The van der Waals surface area contributed by atoms with Gasteiger partial charge in [-0.15, -0.1) is 11.3 Å². The molecule has 1 aliphatic rings. The van der Waals surface area contributed by atoms with Crippen molar-refractivity contribution in [3.05, 3.63) is 29.3 Å². The predicted octanol–water partition coefficient (Wildman–Crippen LogP) is 3.13. The van der Waals surface area contributed by atoms with E-state index in [-0.39, 0.29) is 18.5 Å². The van der Waals surface area contributed by atoms with Gasteiger partial charge in [0, 0.05) is 13.0 Å². The summed E-state index contributed by atoms with van der Waals surface area (Å²) in [5, 5.41) is 0.781. The molecule has 1 amide bonds. The van der Waals surface area contributed by atoms with Crippen LogP contribution in [0.1, 0.15) is 37.6 Å². The summed E-state index contributed by atoms with van der Waals surface area (Å²) < 4.78 is 6.50. The molecule has 1 aliphatic heterocycles. The van der Waals surface area contributed by atoms with Gasteiger partial charge in [-0.25, -0.2) is 9.78 Å². The lowest BCUT2D eigenvalue weighted by Crippen LogP contribution is -2.41. The van der Waals surface area contributed by atoms with Crippen LogP contribution in [-0.4, -0.2) is 34.3 Å². The quantitative estimate of drug-likeness (QED) is 0.789. The number of amides is 1. The van der Waals surface area contributed by atoms with E-state index >= 15 is 0 Å². The van der Waals surface area contributed by atoms with Crippen molar-refractivity contribution in [1.82, 2.24) is 9.88 Å². The largest absolute Gasteiger partial charge is 0.457 e. The number of hydrogen-bond donors (Lipinski definition) is 0. The number of ether oxygens (including phenoxy) is 1. The lowest BCUT2D eigenvalue weighted by molar-refractivity contribution is -0.154. The summed E-state index contributed by atoms with van der Waals surface area (Å²) in [5.41, 5.74) is 0.921. The number of fused-ring (bicyclic) bond motifs is 1. The molecule has 23 heavy (non-hydrogen) atoms. The average Bonchev–Trinajstić information content (AvgIpc) is 3.19. The maximum atomic E-state index is 12.3. The molecule has 1 saturated heterocycles. The van der Waals surface area contributed by atoms with Gasteiger partial charge in [0.15, 0.2) is 0 Å². The Labute approximate surface area is 139 Å². The Morgan fingerprint density at radius 1 is 1.39 bits per heavy atom. The van der Waals surface area contributed by atoms with Crippen molar-refractivity contribution in [1.29, 1.82) is 0 Å². The van der Waals surface area contributed by atoms with Crippen molar-refractivity contribution >= 4 is 33.4 Å². The predicted molar refractivity (Wildman–Crippen MR) is 89.1 cm³/mol. The normalized spacial score (nSPS) is 17.6. The van der Waals surface area contributed by atoms with E-state index in [1.807, 2.05) is 31.2 Å². The van der Waals surface area contributed by atoms with Crippen molar-refractivity contribution in [2.45, 2.75) is 45.3 Å². The Morgan fingerprint density at radius 3 is 3.00 bits per heavy atom. The average molecular weight is 332 g/mol. The smallest absolute Gasteiger partial charge is 0.329 e. The molecule has 1 aromatic carbocycles. The van der Waals surface area contributed by atoms with Crippen LogP contribution in [0.3, 0.4) is 0 Å². The van der Waals surface area contributed by atoms with E-state index in [0.29, 0.717) is 19.4 Å². The van der Waals surface area contributed by atoms with E-state index in [4.69, 9.17) is 4.74 Å². The molecular formula is C17H20N2O3S. The summed E-state index contributed by atoms with van der Waals surface area (Å²) in [6.45, 7) is 2.79. The monoisotopic (exact) mass is 332 g/mol. The van der Waals surface area contributed by atoms with Crippen LogP contribution in [0.2, 0.25) is 0 Å². The topological polar surface area (TPSA) is 59.5 Å². The highest BCUT2D eigenvalue weighted by Gasteiger charge is 2.34. The molecule has 0 N–H and O–H groups in total. The van der Waals surface area contributed by atoms with Crippen LogP contribution in [0, 0.1) is 0 Å². The first-order chi connectivity index (χ1) is 11.2. The standard InChI is InChI=1S/C17H20N2O3S/c1-2-6-16(20)19-10-5-8-13(19)17(21)22-11-15-18-12-7-3-4-9-14(12)23-15/h3-4,7,9,13H,2,5-6,8,10-11H2,1H3. The zero-order chi connectivity index (χ0) is 16.2. The maximum absolute atomic E-state index is 12.3. The van der Waals surface area contributed by atoms with Crippen LogP contribution in [0.15, 0.2) is 24.3 Å². The molecule has 122 valence electrons. The van der Waals surface area contributed by atoms with Crippen molar-refractivity contribution in [2.75, 3.05) is 6.54 Å². The Bertz CT molecular complexity index is 680. The number of para-hydroxylation sites is 1. The molecule has 3 rings (SSSR count). The summed E-state index contributed by atoms with van der Waals surface area (Å²) in [5.74, 6) is -0.266. The number of esters is 1. The Kier molecular flexibility index (Phi) is 4.91. The minimum absolute atomic E-state index is 0.0481. The van der Waals surface area contributed by atoms with E-state index in [9.17, 15) is 9.59 Å². The number of rotatable bonds is 5. The fourth-order valence-electron chi connectivity index (χ4n) is 2.88. The summed E-state index contributed by atoms with van der Waals surface area (Å²) in [6, 6.07) is 7.42. The number of nitrogens with zero attached hydrogens (tertiary/aromatic N) is 2. The van der Waals surface area contributed by atoms with Gasteiger partial charge in [0.1, 0.15) is 17.7 Å². The fraction of sp³-hybridized carbons (Fsp3) is 0.471. The van der Waals surface area contributed by atoms with E-state index in [1.165, 1.54) is 11.3 Å². The highest BCUT2D eigenvalue weighted by atomic mass is 32.1. The van der Waals surface area contributed by atoms with Crippen molar-refractivity contribution in [3.8, 4) is 0 Å². The second-order valence-corrected chi connectivity index (χ2v) is 6.79. The minimum Gasteiger partial charge on any atom is -0.457 e. The van der Waals surface area contributed by atoms with Gasteiger partial charge in [-0.3, -0.25) is 4.79 Å². The molecule has 1 aromatic heterocycles. The third-order valence-electron chi connectivity index (χ3n) is 3.99. The molecule has 0 radical (unpaired) electrons. The first-order valence-electron chi connectivity index (χ1n) is 7.99. The van der Waals surface area contributed by atoms with E-state index < -0.39 is 6.04 Å². The second-order valence-electron chi connectivity index (χ2n) is 5.68. The zero-order valence-electron chi connectivity index (χ0n) is 13.2. The maximum Gasteiger partial charge on any atom is 0.329 e. The van der Waals surface area contributed by atoms with Crippen molar-refractivity contribution in [2.24, 2.45) is 0 Å². The lowest BCUT2D eigenvalue weighted by atomic mass is 10.2. The summed E-state index contributed by atoms with van der Waals surface area (Å²) in [4.78, 5) is 30.5. The van der Waals surface area contributed by atoms with Gasteiger partial charge in [-0.05, 0) is 31.4 Å². The molecule has 0 bridgehead atoms. The Hall–Kier alpha value is -1.95. The van der Waals surface area contributed by atoms with Crippen LogP contribution in [0.25, 0.3) is 10.2 Å². The van der Waals surface area contributed by atoms with Gasteiger partial charge in [0.2, 0.25) is 5.91 Å². The number of aromatic nitrogens is 1. The fourth-order valence-corrected chi connectivity index (χ4v) is 3.76. The molecule has 1 atom stereocenters. The van der Waals surface area contributed by atoms with Crippen LogP contribution < -0.4 is 0 Å². The van der Waals surface area contributed by atoms with E-state index in [1.54, 1.807) is 4.90 Å². The third kappa shape index (κ3) is 3.52. The highest BCUT2D eigenvalue weighted by molar-refractivity contribution is 7.18. The number of carbonyl (C=O) groups excluding carboxylic acids is 2. The van der Waals surface area contributed by atoms with Crippen LogP contribution >= 0.6 is 11.3 Å². The summed E-state index contributed by atoms with van der Waals surface area (Å²) >= 11 is 1.53. The molecule has 2 heterocycles. The van der Waals surface area contributed by atoms with Crippen LogP contribution in [-0.2, 0) is 20.9 Å². The minimum atomic E-state index is -0.427. The molecule has 1 unspecified atom stereocenters. The molecule has 0 aliphatic carbocycles. The van der Waals surface area contributed by atoms with Gasteiger partial charge < -0.3 is 9.64 Å². The van der Waals surface area contributed by atoms with E-state index in [0.717, 1.165) is 28.1 Å². The van der Waals surface area contributed by atoms with Crippen molar-refractivity contribution in [3.63, 3.8) is 0 Å². The first-order valence-corrected chi connectivity index (χ1v) is 8.81. The number of thiazole rings is 1. The second kappa shape index (κ2) is 7.08. The molecule has 2 aromatic rings. The van der Waals surface area contributed by atoms with Gasteiger partial charge in [0.05, 0.1) is 10.2 Å². The molecule has 0 saturated carbocycles. The van der Waals surface area contributed by atoms with Crippen LogP contribution in [0.5, 0.6) is 0 Å². The SMILES string of the molecule is CCCC(=O)N1CCCC1C(=O)OCc1nc2ccccc2s1. The van der Waals surface area contributed by atoms with Gasteiger partial charge in [-0.2, -0.15) is 0 Å². The molecule has 0 spiro atoms. The van der Waals surface area contributed by atoms with Crippen LogP contribution in [0.4, 0.5) is 0 Å². The number of hydrogen-bond acceptors (Lipinski definition) is 5. The highest BCUT2D eigenvalue weighted by Crippen LogP contribution is 2.24. The molecule has 5 nitrogen and oxygen atoms in total. The van der Waals surface area contributed by atoms with E-state index in [2.05, 4.69) is 4.98 Å². The Morgan fingerprint density at radius 2 is 2.22 bits per heavy atom. The summed E-state index contributed by atoms with van der Waals surface area (Å²) in [6.07, 6.45) is 2.83. The molecular weight excluding hydrogens is 312 g/mol. The van der Waals surface area contributed by atoms with Gasteiger partial charge in [-0.1, -0.05) is 19.1 Å². The van der Waals surface area contributed by atoms with Gasteiger partial charge >= 0.3 is 5.97 Å². The first kappa shape index (κ1) is 15.9. The zero-order valence-corrected chi connectivity index (χ0v) is 14.0. The Balaban J connectivity index is 1.61. The number of carbonyl (C=O) groups is 2. The lowest BCUT2D eigenvalue weighted by Gasteiger charge is -2.22. The number of likely N-dealkylation sites (tertiary alicyclic amines) is 1. The third-order valence-corrected chi connectivity index (χ3v) is 5.00.